The third kappa shape index (κ3) is 5.14. The largest absolute Gasteiger partial charge is 0.495 e. The van der Waals surface area contributed by atoms with Crippen molar-refractivity contribution in [1.82, 2.24) is 4.57 Å². The summed E-state index contributed by atoms with van der Waals surface area (Å²) in [6.45, 7) is 3.75. The summed E-state index contributed by atoms with van der Waals surface area (Å²) in [7, 11) is 1.49. The van der Waals surface area contributed by atoms with Crippen molar-refractivity contribution in [2.75, 3.05) is 17.7 Å². The van der Waals surface area contributed by atoms with Crippen LogP contribution in [0.1, 0.15) is 28.4 Å². The molecule has 0 atom stereocenters. The van der Waals surface area contributed by atoms with Crippen LogP contribution in [0, 0.1) is 6.92 Å². The monoisotopic (exact) mass is 405 g/mol. The molecule has 1 aromatic heterocycles. The van der Waals surface area contributed by atoms with Gasteiger partial charge in [0.25, 0.3) is 11.5 Å². The Morgan fingerprint density at radius 2 is 1.83 bits per heavy atom. The zero-order chi connectivity index (χ0) is 21.7. The molecule has 2 amide bonds. The van der Waals surface area contributed by atoms with Crippen molar-refractivity contribution in [1.29, 1.82) is 0 Å². The van der Waals surface area contributed by atoms with Crippen LogP contribution in [-0.2, 0) is 11.3 Å². The molecule has 1 heterocycles. The molecular weight excluding hydrogens is 382 g/mol. The fourth-order valence-corrected chi connectivity index (χ4v) is 3.08. The lowest BCUT2D eigenvalue weighted by atomic mass is 10.1. The summed E-state index contributed by atoms with van der Waals surface area (Å²) in [5.41, 5.74) is 3.14. The number of carbonyl (C=O) groups is 2. The van der Waals surface area contributed by atoms with E-state index in [0.29, 0.717) is 29.2 Å². The Morgan fingerprint density at radius 1 is 1.03 bits per heavy atom. The molecule has 0 spiro atoms. The van der Waals surface area contributed by atoms with Crippen LogP contribution in [0.25, 0.3) is 0 Å². The first-order valence-electron chi connectivity index (χ1n) is 9.39. The van der Waals surface area contributed by atoms with Gasteiger partial charge in [-0.1, -0.05) is 29.8 Å². The minimum Gasteiger partial charge on any atom is -0.495 e. The first-order valence-corrected chi connectivity index (χ1v) is 9.39. The Kier molecular flexibility index (Phi) is 6.32. The van der Waals surface area contributed by atoms with Gasteiger partial charge >= 0.3 is 0 Å². The first kappa shape index (κ1) is 20.9. The highest BCUT2D eigenvalue weighted by molar-refractivity contribution is 6.05. The van der Waals surface area contributed by atoms with Crippen LogP contribution in [0.15, 0.2) is 65.6 Å². The van der Waals surface area contributed by atoms with Gasteiger partial charge in [-0.25, -0.2) is 0 Å². The van der Waals surface area contributed by atoms with Crippen molar-refractivity contribution in [3.63, 3.8) is 0 Å². The minimum absolute atomic E-state index is 0.196. The molecule has 0 saturated carbocycles. The molecule has 0 aliphatic heterocycles. The third-order valence-corrected chi connectivity index (χ3v) is 4.45. The number of pyridine rings is 1. The number of anilines is 2. The Bertz CT molecular complexity index is 1150. The maximum Gasteiger partial charge on any atom is 0.257 e. The summed E-state index contributed by atoms with van der Waals surface area (Å²) in [4.78, 5) is 36.4. The number of nitrogens with one attached hydrogen (secondary N) is 2. The maximum atomic E-state index is 12.8. The van der Waals surface area contributed by atoms with E-state index in [4.69, 9.17) is 4.74 Å². The number of ether oxygens (including phenoxy) is 1. The van der Waals surface area contributed by atoms with E-state index in [-0.39, 0.29) is 11.5 Å². The van der Waals surface area contributed by atoms with Crippen LogP contribution < -0.4 is 20.9 Å². The van der Waals surface area contributed by atoms with Crippen molar-refractivity contribution < 1.29 is 14.3 Å². The Balaban J connectivity index is 1.85. The predicted molar refractivity (Wildman–Crippen MR) is 116 cm³/mol. The lowest BCUT2D eigenvalue weighted by Crippen LogP contribution is -2.22. The van der Waals surface area contributed by atoms with Crippen molar-refractivity contribution in [3.05, 3.63) is 87.8 Å². The summed E-state index contributed by atoms with van der Waals surface area (Å²) in [6.07, 6.45) is 1.53. The molecule has 3 aromatic rings. The molecule has 7 nitrogen and oxygen atoms in total. The third-order valence-electron chi connectivity index (χ3n) is 4.45. The molecule has 0 fully saturated rings. The summed E-state index contributed by atoms with van der Waals surface area (Å²) in [5.74, 6) is -0.169. The van der Waals surface area contributed by atoms with E-state index in [0.717, 1.165) is 11.1 Å². The van der Waals surface area contributed by atoms with E-state index in [1.54, 1.807) is 18.2 Å². The molecule has 2 N–H and O–H groups in total. The quantitative estimate of drug-likeness (QED) is 0.658. The predicted octanol–water partition coefficient (Wildman–Crippen LogP) is 3.42. The number of hydrogen-bond donors (Lipinski definition) is 2. The Morgan fingerprint density at radius 3 is 2.53 bits per heavy atom. The lowest BCUT2D eigenvalue weighted by molar-refractivity contribution is -0.114. The van der Waals surface area contributed by atoms with Crippen molar-refractivity contribution in [3.8, 4) is 5.75 Å². The minimum atomic E-state index is -0.397. The molecule has 154 valence electrons. The fraction of sp³-hybridized carbons (Fsp3) is 0.174. The number of aromatic nitrogens is 1. The SMILES string of the molecule is COc1ccc(NC(C)=O)cc1NC(=O)c1ccc(=O)n(Cc2cccc(C)c2)c1. The average molecular weight is 405 g/mol. The van der Waals surface area contributed by atoms with Gasteiger partial charge in [-0.2, -0.15) is 0 Å². The van der Waals surface area contributed by atoms with Gasteiger partial charge in [0.05, 0.1) is 24.9 Å². The second kappa shape index (κ2) is 9.09. The Labute approximate surface area is 174 Å². The van der Waals surface area contributed by atoms with E-state index in [9.17, 15) is 14.4 Å². The van der Waals surface area contributed by atoms with Gasteiger partial charge in [-0.05, 0) is 36.8 Å². The molecule has 0 unspecified atom stereocenters. The van der Waals surface area contributed by atoms with Gasteiger partial charge < -0.3 is 19.9 Å². The summed E-state index contributed by atoms with van der Waals surface area (Å²) in [6, 6.07) is 15.6. The van der Waals surface area contributed by atoms with E-state index in [1.165, 1.54) is 36.9 Å². The number of carbonyl (C=O) groups excluding carboxylic acids is 2. The smallest absolute Gasteiger partial charge is 0.257 e. The van der Waals surface area contributed by atoms with Gasteiger partial charge in [0.2, 0.25) is 5.91 Å². The number of benzene rings is 2. The normalized spacial score (nSPS) is 10.4. The number of amides is 2. The molecule has 2 aromatic carbocycles. The van der Waals surface area contributed by atoms with Gasteiger partial charge in [0.15, 0.2) is 0 Å². The topological polar surface area (TPSA) is 89.4 Å². The van der Waals surface area contributed by atoms with Gasteiger partial charge in [-0.15, -0.1) is 0 Å². The lowest BCUT2D eigenvalue weighted by Gasteiger charge is -2.13. The molecule has 0 saturated heterocycles. The molecule has 7 heteroatoms. The zero-order valence-corrected chi connectivity index (χ0v) is 17.1. The first-order chi connectivity index (χ1) is 14.4. The van der Waals surface area contributed by atoms with Crippen LogP contribution >= 0.6 is 0 Å². The van der Waals surface area contributed by atoms with Crippen LogP contribution in [-0.4, -0.2) is 23.5 Å². The number of aryl methyl sites for hydroxylation is 1. The molecule has 0 radical (unpaired) electrons. The molecule has 0 bridgehead atoms. The van der Waals surface area contributed by atoms with E-state index >= 15 is 0 Å². The van der Waals surface area contributed by atoms with Gasteiger partial charge in [0.1, 0.15) is 5.75 Å². The number of nitrogens with zero attached hydrogens (tertiary/aromatic N) is 1. The zero-order valence-electron chi connectivity index (χ0n) is 17.1. The molecule has 3 rings (SSSR count). The Hall–Kier alpha value is -3.87. The molecule has 30 heavy (non-hydrogen) atoms. The van der Waals surface area contributed by atoms with Crippen molar-refractivity contribution >= 4 is 23.2 Å². The highest BCUT2D eigenvalue weighted by Gasteiger charge is 2.13. The van der Waals surface area contributed by atoms with Crippen molar-refractivity contribution in [2.24, 2.45) is 0 Å². The summed E-state index contributed by atoms with van der Waals surface area (Å²) in [5, 5.41) is 5.45. The summed E-state index contributed by atoms with van der Waals surface area (Å²) >= 11 is 0. The molecule has 0 aliphatic rings. The number of hydrogen-bond acceptors (Lipinski definition) is 4. The highest BCUT2D eigenvalue weighted by Crippen LogP contribution is 2.28. The number of methoxy groups -OCH3 is 1. The van der Waals surface area contributed by atoms with Gasteiger partial charge in [-0.3, -0.25) is 14.4 Å². The van der Waals surface area contributed by atoms with E-state index in [2.05, 4.69) is 10.6 Å². The fourth-order valence-electron chi connectivity index (χ4n) is 3.08. The van der Waals surface area contributed by atoms with Crippen LogP contribution in [0.2, 0.25) is 0 Å². The van der Waals surface area contributed by atoms with E-state index in [1.807, 2.05) is 31.2 Å². The standard InChI is InChI=1S/C23H23N3O4/c1-15-5-4-6-17(11-15)13-26-14-18(7-10-22(26)28)23(29)25-20-12-19(24-16(2)27)8-9-21(20)30-3/h4-12,14H,13H2,1-3H3,(H,24,27)(H,25,29). The number of rotatable bonds is 6. The van der Waals surface area contributed by atoms with E-state index < -0.39 is 5.91 Å². The second-order valence-electron chi connectivity index (χ2n) is 6.92. The van der Waals surface area contributed by atoms with Crippen molar-refractivity contribution in [2.45, 2.75) is 20.4 Å². The molecular formula is C23H23N3O4. The highest BCUT2D eigenvalue weighted by atomic mass is 16.5. The average Bonchev–Trinajstić information content (AvgIpc) is 2.69. The van der Waals surface area contributed by atoms with Gasteiger partial charge in [0, 0.05) is 24.9 Å². The van der Waals surface area contributed by atoms with Crippen LogP contribution in [0.4, 0.5) is 11.4 Å². The summed E-state index contributed by atoms with van der Waals surface area (Å²) < 4.78 is 6.79. The van der Waals surface area contributed by atoms with Crippen LogP contribution in [0.3, 0.4) is 0 Å². The molecule has 0 aliphatic carbocycles. The maximum absolute atomic E-state index is 12.8. The second-order valence-corrected chi connectivity index (χ2v) is 6.92. The van der Waals surface area contributed by atoms with Crippen LogP contribution in [0.5, 0.6) is 5.75 Å².